The van der Waals surface area contributed by atoms with Crippen LogP contribution in [0, 0.1) is 11.6 Å². The van der Waals surface area contributed by atoms with Gasteiger partial charge in [0.2, 0.25) is 5.78 Å². The Morgan fingerprint density at radius 1 is 1.12 bits per heavy atom. The number of nitrogens with zero attached hydrogens (tertiary/aromatic N) is 2. The van der Waals surface area contributed by atoms with Gasteiger partial charge >= 0.3 is 0 Å². The number of hydrogen-bond acceptors (Lipinski definition) is 2. The molecule has 0 N–H and O–H groups in total. The number of carbonyl (C=O) groups excluding carboxylic acids is 1. The molecule has 120 valence electrons. The number of hydrogen-bond donors (Lipinski definition) is 0. The topological polar surface area (TPSA) is 34.9 Å². The second kappa shape index (κ2) is 6.76. The molecule has 0 spiro atoms. The summed E-state index contributed by atoms with van der Waals surface area (Å²) >= 11 is 5.83. The summed E-state index contributed by atoms with van der Waals surface area (Å²) in [6.07, 6.45) is 5.86. The van der Waals surface area contributed by atoms with E-state index in [4.69, 9.17) is 11.6 Å². The minimum absolute atomic E-state index is 0.0995. The van der Waals surface area contributed by atoms with Gasteiger partial charge < -0.3 is 4.57 Å². The normalized spacial score (nSPS) is 11.5. The van der Waals surface area contributed by atoms with E-state index in [1.165, 1.54) is 29.2 Å². The first-order valence-corrected chi connectivity index (χ1v) is 7.38. The maximum absolute atomic E-state index is 13.9. The highest BCUT2D eigenvalue weighted by atomic mass is 35.5. The molecule has 3 aromatic rings. The molecular weight excluding hydrogens is 334 g/mol. The zero-order valence-electron chi connectivity index (χ0n) is 12.3. The summed E-state index contributed by atoms with van der Waals surface area (Å²) in [7, 11) is 0. The number of ketones is 1. The molecule has 0 bridgehead atoms. The lowest BCUT2D eigenvalue weighted by molar-refractivity contribution is 0.105. The second-order valence-corrected chi connectivity index (χ2v) is 5.44. The van der Waals surface area contributed by atoms with Crippen molar-refractivity contribution >= 4 is 29.2 Å². The molecule has 0 aliphatic heterocycles. The van der Waals surface area contributed by atoms with Gasteiger partial charge in [-0.3, -0.25) is 4.79 Å². The first kappa shape index (κ1) is 16.1. The van der Waals surface area contributed by atoms with E-state index in [1.807, 2.05) is 0 Å². The van der Waals surface area contributed by atoms with Crippen molar-refractivity contribution < 1.29 is 13.6 Å². The lowest BCUT2D eigenvalue weighted by atomic mass is 10.1. The van der Waals surface area contributed by atoms with E-state index in [9.17, 15) is 13.6 Å². The van der Waals surface area contributed by atoms with Crippen LogP contribution < -0.4 is 0 Å². The molecular formula is C18H11ClF2N2O. The van der Waals surface area contributed by atoms with E-state index in [0.717, 1.165) is 12.1 Å². The van der Waals surface area contributed by atoms with E-state index in [2.05, 4.69) is 4.98 Å². The maximum atomic E-state index is 13.9. The lowest BCUT2D eigenvalue weighted by Gasteiger charge is -2.09. The molecule has 0 atom stereocenters. The minimum atomic E-state index is -0.753. The van der Waals surface area contributed by atoms with Gasteiger partial charge in [-0.2, -0.15) is 0 Å². The van der Waals surface area contributed by atoms with Gasteiger partial charge in [0, 0.05) is 34.6 Å². The van der Waals surface area contributed by atoms with Crippen LogP contribution in [0.1, 0.15) is 15.9 Å². The van der Waals surface area contributed by atoms with Crippen LogP contribution in [0.5, 0.6) is 0 Å². The van der Waals surface area contributed by atoms with Crippen LogP contribution in [0.15, 0.2) is 61.2 Å². The Balaban J connectivity index is 2.08. The van der Waals surface area contributed by atoms with Crippen LogP contribution in [0.3, 0.4) is 0 Å². The lowest BCUT2D eigenvalue weighted by Crippen LogP contribution is -2.08. The van der Waals surface area contributed by atoms with Crippen molar-refractivity contribution in [3.8, 4) is 0 Å². The molecule has 6 heteroatoms. The van der Waals surface area contributed by atoms with Crippen LogP contribution in [-0.4, -0.2) is 15.3 Å². The summed E-state index contributed by atoms with van der Waals surface area (Å²) in [6.45, 7) is 0. The van der Waals surface area contributed by atoms with Crippen molar-refractivity contribution in [2.45, 2.75) is 0 Å². The van der Waals surface area contributed by atoms with Gasteiger partial charge in [-0.25, -0.2) is 13.8 Å². The Hall–Kier alpha value is -2.79. The number of benzene rings is 2. The average Bonchev–Trinajstić information content (AvgIpc) is 3.08. The fraction of sp³-hybridized carbons (Fsp3) is 0. The first-order chi connectivity index (χ1) is 11.5. The predicted octanol–water partition coefficient (Wildman–Crippen LogP) is 4.70. The van der Waals surface area contributed by atoms with E-state index in [0.29, 0.717) is 10.6 Å². The predicted molar refractivity (Wildman–Crippen MR) is 88.5 cm³/mol. The summed E-state index contributed by atoms with van der Waals surface area (Å²) in [5.41, 5.74) is 0.671. The van der Waals surface area contributed by atoms with Crippen molar-refractivity contribution in [1.29, 1.82) is 0 Å². The Kier molecular flexibility index (Phi) is 4.53. The molecule has 0 unspecified atom stereocenters. The number of halogens is 3. The fourth-order valence-corrected chi connectivity index (χ4v) is 2.30. The van der Waals surface area contributed by atoms with Crippen LogP contribution in [0.2, 0.25) is 5.02 Å². The molecule has 0 saturated carbocycles. The fourth-order valence-electron chi connectivity index (χ4n) is 2.17. The van der Waals surface area contributed by atoms with Crippen LogP contribution >= 0.6 is 11.6 Å². The van der Waals surface area contributed by atoms with E-state index < -0.39 is 11.6 Å². The molecule has 0 radical (unpaired) electrons. The number of aromatic nitrogens is 2. The SMILES string of the molecule is O=C(C(=Cc1ccc(F)cc1F)n1ccnc1)c1ccc(Cl)cc1. The van der Waals surface area contributed by atoms with Crippen molar-refractivity contribution in [3.05, 3.63) is 89.0 Å². The van der Waals surface area contributed by atoms with E-state index >= 15 is 0 Å². The summed E-state index contributed by atoms with van der Waals surface area (Å²) in [4.78, 5) is 16.7. The molecule has 0 fully saturated rings. The molecule has 0 saturated heterocycles. The summed E-state index contributed by atoms with van der Waals surface area (Å²) in [5, 5.41) is 0.504. The largest absolute Gasteiger partial charge is 0.303 e. The number of allylic oxidation sites excluding steroid dienone is 1. The van der Waals surface area contributed by atoms with Gasteiger partial charge in [-0.15, -0.1) is 0 Å². The zero-order valence-corrected chi connectivity index (χ0v) is 13.0. The molecule has 24 heavy (non-hydrogen) atoms. The number of rotatable bonds is 4. The first-order valence-electron chi connectivity index (χ1n) is 7.00. The molecule has 0 amide bonds. The Morgan fingerprint density at radius 3 is 2.50 bits per heavy atom. The highest BCUT2D eigenvalue weighted by Gasteiger charge is 2.15. The standard InChI is InChI=1S/C18H11ClF2N2O/c19-14-4-1-12(2-5-14)18(24)17(23-8-7-22-11-23)9-13-3-6-15(20)10-16(13)21/h1-11H. The average molecular weight is 345 g/mol. The van der Waals surface area contributed by atoms with Gasteiger partial charge in [0.05, 0.1) is 12.0 Å². The van der Waals surface area contributed by atoms with Crippen molar-refractivity contribution in [1.82, 2.24) is 9.55 Å². The van der Waals surface area contributed by atoms with Crippen LogP contribution in [0.4, 0.5) is 8.78 Å². The van der Waals surface area contributed by atoms with Gasteiger partial charge in [0.15, 0.2) is 0 Å². The van der Waals surface area contributed by atoms with Crippen molar-refractivity contribution in [3.63, 3.8) is 0 Å². The third-order valence-electron chi connectivity index (χ3n) is 3.38. The molecule has 2 aromatic carbocycles. The molecule has 1 heterocycles. The van der Waals surface area contributed by atoms with Gasteiger partial charge in [-0.1, -0.05) is 11.6 Å². The maximum Gasteiger partial charge on any atom is 0.209 e. The molecule has 1 aromatic heterocycles. The molecule has 0 aliphatic rings. The van der Waals surface area contributed by atoms with E-state index in [-0.39, 0.29) is 17.0 Å². The third-order valence-corrected chi connectivity index (χ3v) is 3.63. The van der Waals surface area contributed by atoms with Gasteiger partial charge in [-0.05, 0) is 42.5 Å². The van der Waals surface area contributed by atoms with Crippen LogP contribution in [-0.2, 0) is 0 Å². The Morgan fingerprint density at radius 2 is 1.88 bits per heavy atom. The monoisotopic (exact) mass is 344 g/mol. The highest BCUT2D eigenvalue weighted by Crippen LogP contribution is 2.21. The summed E-state index contributed by atoms with van der Waals surface area (Å²) < 4.78 is 28.5. The summed E-state index contributed by atoms with van der Waals surface area (Å²) in [5.74, 6) is -1.78. The molecule has 0 aliphatic carbocycles. The minimum Gasteiger partial charge on any atom is -0.303 e. The smallest absolute Gasteiger partial charge is 0.209 e. The van der Waals surface area contributed by atoms with Crippen molar-refractivity contribution in [2.75, 3.05) is 0 Å². The van der Waals surface area contributed by atoms with E-state index in [1.54, 1.807) is 30.5 Å². The highest BCUT2D eigenvalue weighted by molar-refractivity contribution is 6.31. The summed E-state index contributed by atoms with van der Waals surface area (Å²) in [6, 6.07) is 9.53. The number of carbonyl (C=O) groups is 1. The molecule has 3 nitrogen and oxygen atoms in total. The Bertz CT molecular complexity index is 903. The molecule has 3 rings (SSSR count). The quantitative estimate of drug-likeness (QED) is 0.508. The second-order valence-electron chi connectivity index (χ2n) is 5.00. The van der Waals surface area contributed by atoms with Gasteiger partial charge in [0.1, 0.15) is 11.6 Å². The zero-order chi connectivity index (χ0) is 17.1. The Labute approximate surface area is 141 Å². The van der Waals surface area contributed by atoms with Gasteiger partial charge in [0.25, 0.3) is 0 Å². The van der Waals surface area contributed by atoms with Crippen molar-refractivity contribution in [2.24, 2.45) is 0 Å². The number of imidazole rings is 1. The van der Waals surface area contributed by atoms with Crippen LogP contribution in [0.25, 0.3) is 11.8 Å². The number of Topliss-reactive ketones (excluding diaryl/α,β-unsaturated/α-hetero) is 1. The third kappa shape index (κ3) is 3.41.